The van der Waals surface area contributed by atoms with Crippen LogP contribution in [0.15, 0.2) is 36.7 Å². The Kier molecular flexibility index (Phi) is 8.89. The monoisotopic (exact) mass is 630 g/mol. The average molecular weight is 631 g/mol. The van der Waals surface area contributed by atoms with Crippen LogP contribution in [0.1, 0.15) is 93.7 Å². The lowest BCUT2D eigenvalue weighted by Crippen LogP contribution is -2.49. The summed E-state index contributed by atoms with van der Waals surface area (Å²) in [6, 6.07) is 5.24. The zero-order chi connectivity index (χ0) is 32.7. The van der Waals surface area contributed by atoms with Crippen LogP contribution < -0.4 is 5.32 Å². The van der Waals surface area contributed by atoms with Gasteiger partial charge in [0.05, 0.1) is 17.0 Å². The van der Waals surface area contributed by atoms with Crippen LogP contribution in [-0.4, -0.2) is 79.1 Å². The van der Waals surface area contributed by atoms with Crippen molar-refractivity contribution in [3.63, 3.8) is 0 Å². The summed E-state index contributed by atoms with van der Waals surface area (Å²) in [6.45, 7) is 11.9. The van der Waals surface area contributed by atoms with Crippen molar-refractivity contribution in [2.75, 3.05) is 31.5 Å². The number of aliphatic hydroxyl groups is 1. The third kappa shape index (κ3) is 7.75. The fourth-order valence-corrected chi connectivity index (χ4v) is 6.06. The van der Waals surface area contributed by atoms with Gasteiger partial charge in [-0.05, 0) is 91.6 Å². The van der Waals surface area contributed by atoms with Crippen LogP contribution in [0.3, 0.4) is 0 Å². The zero-order valence-electron chi connectivity index (χ0n) is 26.3. The van der Waals surface area contributed by atoms with Gasteiger partial charge < -0.3 is 29.4 Å². The number of carbonyl (C=O) groups is 2. The molecule has 0 saturated carbocycles. The Morgan fingerprint density at radius 3 is 2.22 bits per heavy atom. The Hall–Kier alpha value is -3.71. The minimum atomic E-state index is -4.68. The predicted octanol–water partition coefficient (Wildman–Crippen LogP) is 5.81. The standard InChI is InChI=1S/C32H41F3N6O4/c1-30(2,3)45-29(43)40-15-11-21(12-16-40)39-13-9-20(10-14-39)24-18-41-19-25(22(31(4,5)44)17-27(41)37-24)38-28(42)23-7-6-8-26(36-23)32(33,34)35/h6-8,17-21,44H,9-16H2,1-5H3,(H,38,42). The number of hydrogen-bond acceptors (Lipinski definition) is 7. The van der Waals surface area contributed by atoms with Gasteiger partial charge in [0.1, 0.15) is 22.6 Å². The van der Waals surface area contributed by atoms with Crippen molar-refractivity contribution in [3.05, 3.63) is 59.3 Å². The minimum Gasteiger partial charge on any atom is -0.444 e. The molecule has 13 heteroatoms. The number of alkyl halides is 3. The molecule has 0 radical (unpaired) electrons. The van der Waals surface area contributed by atoms with Crippen LogP contribution in [0.2, 0.25) is 0 Å². The molecule has 5 rings (SSSR count). The van der Waals surface area contributed by atoms with Gasteiger partial charge in [-0.25, -0.2) is 14.8 Å². The first-order chi connectivity index (χ1) is 21.0. The van der Waals surface area contributed by atoms with E-state index in [1.807, 2.05) is 27.0 Å². The molecule has 0 aliphatic carbocycles. The summed E-state index contributed by atoms with van der Waals surface area (Å²) in [4.78, 5) is 38.0. The van der Waals surface area contributed by atoms with Gasteiger partial charge in [-0.1, -0.05) is 6.07 Å². The highest BCUT2D eigenvalue weighted by Gasteiger charge is 2.34. The number of pyridine rings is 2. The van der Waals surface area contributed by atoms with Crippen molar-refractivity contribution in [3.8, 4) is 0 Å². The van der Waals surface area contributed by atoms with Gasteiger partial charge in [0.15, 0.2) is 0 Å². The van der Waals surface area contributed by atoms with E-state index in [2.05, 4.69) is 15.2 Å². The maximum Gasteiger partial charge on any atom is 0.433 e. The molecule has 2 N–H and O–H groups in total. The summed E-state index contributed by atoms with van der Waals surface area (Å²) in [5, 5.41) is 13.5. The van der Waals surface area contributed by atoms with Crippen molar-refractivity contribution in [1.29, 1.82) is 0 Å². The van der Waals surface area contributed by atoms with E-state index < -0.39 is 29.0 Å². The molecule has 2 aliphatic rings. The minimum absolute atomic E-state index is 0.223. The smallest absolute Gasteiger partial charge is 0.433 e. The number of halogens is 3. The van der Waals surface area contributed by atoms with Gasteiger partial charge >= 0.3 is 12.3 Å². The molecule has 10 nitrogen and oxygen atoms in total. The largest absolute Gasteiger partial charge is 0.444 e. The number of anilines is 1. The van der Waals surface area contributed by atoms with Gasteiger partial charge in [-0.2, -0.15) is 13.2 Å². The van der Waals surface area contributed by atoms with E-state index >= 15 is 0 Å². The fourth-order valence-electron chi connectivity index (χ4n) is 6.06. The fraction of sp³-hybridized carbons (Fsp3) is 0.562. The Balaban J connectivity index is 1.26. The number of nitrogens with zero attached hydrogens (tertiary/aromatic N) is 5. The van der Waals surface area contributed by atoms with Gasteiger partial charge in [0.25, 0.3) is 5.91 Å². The average Bonchev–Trinajstić information content (AvgIpc) is 3.38. The highest BCUT2D eigenvalue weighted by Crippen LogP contribution is 2.34. The highest BCUT2D eigenvalue weighted by molar-refractivity contribution is 6.03. The van der Waals surface area contributed by atoms with Crippen LogP contribution in [0, 0.1) is 0 Å². The lowest BCUT2D eigenvalue weighted by molar-refractivity contribution is -0.141. The van der Waals surface area contributed by atoms with Crippen LogP contribution in [0.5, 0.6) is 0 Å². The number of amides is 2. The number of piperidine rings is 2. The maximum atomic E-state index is 13.2. The van der Waals surface area contributed by atoms with E-state index in [0.29, 0.717) is 30.3 Å². The first kappa shape index (κ1) is 32.7. The molecule has 0 aromatic carbocycles. The van der Waals surface area contributed by atoms with Gasteiger partial charge in [-0.15, -0.1) is 0 Å². The summed E-state index contributed by atoms with van der Waals surface area (Å²) in [7, 11) is 0. The number of fused-ring (bicyclic) bond motifs is 1. The number of ether oxygens (including phenoxy) is 1. The van der Waals surface area contributed by atoms with Crippen LogP contribution in [-0.2, 0) is 16.5 Å². The third-order valence-electron chi connectivity index (χ3n) is 8.37. The van der Waals surface area contributed by atoms with E-state index in [1.54, 1.807) is 35.4 Å². The van der Waals surface area contributed by atoms with Crippen LogP contribution in [0.25, 0.3) is 5.65 Å². The molecule has 0 unspecified atom stereocenters. The Morgan fingerprint density at radius 1 is 0.956 bits per heavy atom. The zero-order valence-corrected chi connectivity index (χ0v) is 26.3. The number of nitrogens with one attached hydrogen (secondary N) is 1. The van der Waals surface area contributed by atoms with Crippen molar-refractivity contribution < 1.29 is 32.6 Å². The molecular formula is C32H41F3N6O4. The molecule has 2 fully saturated rings. The SMILES string of the molecule is CC(C)(C)OC(=O)N1CCC(N2CCC(c3cn4cc(NC(=O)c5cccc(C(F)(F)F)n5)c(C(C)(C)O)cc4n3)CC2)CC1. The van der Waals surface area contributed by atoms with Crippen LogP contribution >= 0.6 is 0 Å². The number of hydrogen-bond donors (Lipinski definition) is 2. The molecule has 45 heavy (non-hydrogen) atoms. The van der Waals surface area contributed by atoms with Crippen molar-refractivity contribution in [2.45, 2.75) is 89.6 Å². The quantitative estimate of drug-likeness (QED) is 0.366. The number of likely N-dealkylation sites (tertiary alicyclic amines) is 2. The number of carbonyl (C=O) groups excluding carboxylic acids is 2. The predicted molar refractivity (Wildman–Crippen MR) is 162 cm³/mol. The summed E-state index contributed by atoms with van der Waals surface area (Å²) in [6.07, 6.45) is 2.23. The summed E-state index contributed by atoms with van der Waals surface area (Å²) >= 11 is 0. The second kappa shape index (κ2) is 12.2. The molecule has 2 aliphatic heterocycles. The normalized spacial score (nSPS) is 17.9. The van der Waals surface area contributed by atoms with Gasteiger partial charge in [0, 0.05) is 43.0 Å². The van der Waals surface area contributed by atoms with Crippen molar-refractivity contribution >= 4 is 23.3 Å². The molecule has 0 spiro atoms. The highest BCUT2D eigenvalue weighted by atomic mass is 19.4. The second-order valence-corrected chi connectivity index (χ2v) is 13.5. The van der Waals surface area contributed by atoms with Gasteiger partial charge in [0.2, 0.25) is 0 Å². The summed E-state index contributed by atoms with van der Waals surface area (Å²) < 4.78 is 46.7. The van der Waals surface area contributed by atoms with E-state index in [1.165, 1.54) is 6.07 Å². The van der Waals surface area contributed by atoms with E-state index in [9.17, 15) is 27.9 Å². The molecule has 2 saturated heterocycles. The number of aromatic nitrogens is 3. The summed E-state index contributed by atoms with van der Waals surface area (Å²) in [5.41, 5.74) is -1.32. The lowest BCUT2D eigenvalue weighted by atomic mass is 9.91. The Morgan fingerprint density at radius 2 is 1.62 bits per heavy atom. The molecule has 2 amide bonds. The third-order valence-corrected chi connectivity index (χ3v) is 8.37. The Labute approximate surface area is 260 Å². The second-order valence-electron chi connectivity index (χ2n) is 13.5. The first-order valence-electron chi connectivity index (χ1n) is 15.3. The molecule has 0 atom stereocenters. The number of rotatable bonds is 5. The van der Waals surface area contributed by atoms with E-state index in [4.69, 9.17) is 9.72 Å². The molecule has 3 aromatic rings. The molecule has 244 valence electrons. The van der Waals surface area contributed by atoms with Crippen LogP contribution in [0.4, 0.5) is 23.7 Å². The maximum absolute atomic E-state index is 13.2. The Bertz CT molecular complexity index is 1540. The van der Waals surface area contributed by atoms with Crippen molar-refractivity contribution in [2.24, 2.45) is 0 Å². The topological polar surface area (TPSA) is 112 Å². The van der Waals surface area contributed by atoms with E-state index in [-0.39, 0.29) is 23.4 Å². The first-order valence-corrected chi connectivity index (χ1v) is 15.3. The molecule has 3 aromatic heterocycles. The van der Waals surface area contributed by atoms with Crippen molar-refractivity contribution in [1.82, 2.24) is 24.2 Å². The molecular weight excluding hydrogens is 589 g/mol. The number of imidazole rings is 1. The van der Waals surface area contributed by atoms with Gasteiger partial charge in [-0.3, -0.25) is 4.79 Å². The molecule has 5 heterocycles. The van der Waals surface area contributed by atoms with E-state index in [0.717, 1.165) is 56.6 Å². The lowest BCUT2D eigenvalue weighted by Gasteiger charge is -2.41. The summed E-state index contributed by atoms with van der Waals surface area (Å²) in [5.74, 6) is -0.600. The molecule has 0 bridgehead atoms.